The average molecular weight is 453 g/mol. The first kappa shape index (κ1) is 21.6. The number of aryl methyl sites for hydroxylation is 1. The smallest absolute Gasteiger partial charge is 0.346 e. The summed E-state index contributed by atoms with van der Waals surface area (Å²) in [5.41, 5.74) is 1.22. The van der Waals surface area contributed by atoms with E-state index >= 15 is 0 Å². The lowest BCUT2D eigenvalue weighted by molar-refractivity contribution is -0.158. The van der Waals surface area contributed by atoms with E-state index in [0.717, 1.165) is 15.7 Å². The summed E-state index contributed by atoms with van der Waals surface area (Å²) in [6, 6.07) is 3.89. The number of para-hydroxylation sites is 2. The predicted molar refractivity (Wildman–Crippen MR) is 113 cm³/mol. The van der Waals surface area contributed by atoms with Gasteiger partial charge in [0.1, 0.15) is 6.04 Å². The van der Waals surface area contributed by atoms with Crippen molar-refractivity contribution < 1.29 is 22.8 Å². The van der Waals surface area contributed by atoms with Crippen LogP contribution in [0, 0.1) is 6.92 Å². The lowest BCUT2D eigenvalue weighted by Crippen LogP contribution is -2.55. The SMILES string of the molecule is Cc1csc(N2CCN(CC(=O)N3c4ccccc4NC(=O)C[C@H]3C(F)(F)F)CC2)n1. The van der Waals surface area contributed by atoms with Crippen molar-refractivity contribution in [3.05, 3.63) is 35.3 Å². The second kappa shape index (κ2) is 8.46. The molecular weight excluding hydrogens is 431 g/mol. The van der Waals surface area contributed by atoms with Crippen molar-refractivity contribution in [1.82, 2.24) is 9.88 Å². The number of carbonyl (C=O) groups excluding carboxylic acids is 2. The molecule has 2 aliphatic heterocycles. The van der Waals surface area contributed by atoms with Crippen molar-refractivity contribution >= 4 is 39.7 Å². The summed E-state index contributed by atoms with van der Waals surface area (Å²) in [7, 11) is 0. The summed E-state index contributed by atoms with van der Waals surface area (Å²) in [5.74, 6) is -1.44. The minimum atomic E-state index is -4.73. The molecule has 1 saturated heterocycles. The number of hydrogen-bond acceptors (Lipinski definition) is 6. The zero-order valence-corrected chi connectivity index (χ0v) is 17.7. The highest BCUT2D eigenvalue weighted by atomic mass is 32.1. The number of piperazine rings is 1. The molecule has 1 N–H and O–H groups in total. The number of nitrogens with one attached hydrogen (secondary N) is 1. The van der Waals surface area contributed by atoms with E-state index in [1.54, 1.807) is 23.5 Å². The van der Waals surface area contributed by atoms with Gasteiger partial charge >= 0.3 is 6.18 Å². The Hall–Kier alpha value is -2.66. The lowest BCUT2D eigenvalue weighted by Gasteiger charge is -2.37. The summed E-state index contributed by atoms with van der Waals surface area (Å²) >= 11 is 1.55. The summed E-state index contributed by atoms with van der Waals surface area (Å²) in [6.07, 6.45) is -5.56. The number of amides is 2. The summed E-state index contributed by atoms with van der Waals surface area (Å²) in [6.45, 7) is 4.12. The van der Waals surface area contributed by atoms with Gasteiger partial charge in [0.2, 0.25) is 11.8 Å². The first-order chi connectivity index (χ1) is 14.7. The zero-order chi connectivity index (χ0) is 22.2. The molecule has 0 aliphatic carbocycles. The van der Waals surface area contributed by atoms with Gasteiger partial charge in [-0.2, -0.15) is 13.2 Å². The zero-order valence-electron chi connectivity index (χ0n) is 16.9. The van der Waals surface area contributed by atoms with Crippen LogP contribution in [0.3, 0.4) is 0 Å². The fourth-order valence-corrected chi connectivity index (χ4v) is 4.70. The van der Waals surface area contributed by atoms with Crippen LogP contribution in [0.2, 0.25) is 0 Å². The van der Waals surface area contributed by atoms with Crippen LogP contribution in [0.15, 0.2) is 29.6 Å². The maximum Gasteiger partial charge on any atom is 0.409 e. The van der Waals surface area contributed by atoms with E-state index in [1.165, 1.54) is 12.1 Å². The number of aromatic nitrogens is 1. The minimum Gasteiger partial charge on any atom is -0.346 e. The van der Waals surface area contributed by atoms with Crippen LogP contribution >= 0.6 is 11.3 Å². The molecule has 1 fully saturated rings. The van der Waals surface area contributed by atoms with Gasteiger partial charge < -0.3 is 10.2 Å². The second-order valence-electron chi connectivity index (χ2n) is 7.63. The topological polar surface area (TPSA) is 68.8 Å². The third-order valence-corrected chi connectivity index (χ3v) is 6.40. The van der Waals surface area contributed by atoms with Gasteiger partial charge in [-0.25, -0.2) is 4.98 Å². The number of hydrogen-bond donors (Lipinski definition) is 1. The van der Waals surface area contributed by atoms with E-state index < -0.39 is 30.5 Å². The quantitative estimate of drug-likeness (QED) is 0.774. The first-order valence-electron chi connectivity index (χ1n) is 9.89. The van der Waals surface area contributed by atoms with Gasteiger partial charge in [-0.1, -0.05) is 12.1 Å². The molecule has 31 heavy (non-hydrogen) atoms. The molecule has 11 heteroatoms. The van der Waals surface area contributed by atoms with Gasteiger partial charge in [0.15, 0.2) is 5.13 Å². The van der Waals surface area contributed by atoms with E-state index in [-0.39, 0.29) is 17.9 Å². The minimum absolute atomic E-state index is 0.0672. The van der Waals surface area contributed by atoms with Crippen molar-refractivity contribution in [3.63, 3.8) is 0 Å². The van der Waals surface area contributed by atoms with E-state index in [0.29, 0.717) is 26.2 Å². The van der Waals surface area contributed by atoms with Crippen molar-refractivity contribution in [2.75, 3.05) is 47.8 Å². The Bertz CT molecular complexity index is 972. The van der Waals surface area contributed by atoms with Gasteiger partial charge in [0.25, 0.3) is 0 Å². The molecule has 4 rings (SSSR count). The van der Waals surface area contributed by atoms with Crippen LogP contribution in [-0.4, -0.2) is 66.6 Å². The molecular formula is C20H22F3N5O2S. The van der Waals surface area contributed by atoms with Crippen LogP contribution in [0.25, 0.3) is 0 Å². The summed E-state index contributed by atoms with van der Waals surface area (Å²) in [4.78, 5) is 34.3. The highest BCUT2D eigenvalue weighted by molar-refractivity contribution is 7.13. The maximum atomic E-state index is 13.8. The van der Waals surface area contributed by atoms with Crippen LogP contribution in [0.1, 0.15) is 12.1 Å². The number of alkyl halides is 3. The molecule has 0 bridgehead atoms. The van der Waals surface area contributed by atoms with Crippen molar-refractivity contribution in [1.29, 1.82) is 0 Å². The average Bonchev–Trinajstić information content (AvgIpc) is 3.07. The van der Waals surface area contributed by atoms with E-state index in [2.05, 4.69) is 15.2 Å². The Balaban J connectivity index is 1.51. The van der Waals surface area contributed by atoms with Crippen LogP contribution in [0.4, 0.5) is 29.7 Å². The molecule has 2 aromatic rings. The number of anilines is 3. The number of benzene rings is 1. The van der Waals surface area contributed by atoms with Crippen LogP contribution < -0.4 is 15.1 Å². The predicted octanol–water partition coefficient (Wildman–Crippen LogP) is 2.88. The molecule has 0 radical (unpaired) electrons. The Morgan fingerprint density at radius 2 is 1.94 bits per heavy atom. The maximum absolute atomic E-state index is 13.8. The third kappa shape index (κ3) is 4.67. The molecule has 2 aliphatic rings. The highest BCUT2D eigenvalue weighted by Gasteiger charge is 2.49. The first-order valence-corrected chi connectivity index (χ1v) is 10.8. The molecule has 0 unspecified atom stereocenters. The Morgan fingerprint density at radius 1 is 1.23 bits per heavy atom. The molecule has 2 amide bonds. The van der Waals surface area contributed by atoms with E-state index in [9.17, 15) is 22.8 Å². The Kier molecular flexibility index (Phi) is 5.89. The Labute approximate surface area is 181 Å². The van der Waals surface area contributed by atoms with Crippen molar-refractivity contribution in [2.24, 2.45) is 0 Å². The highest BCUT2D eigenvalue weighted by Crippen LogP contribution is 2.37. The van der Waals surface area contributed by atoms with E-state index in [1.807, 2.05) is 17.2 Å². The van der Waals surface area contributed by atoms with Gasteiger partial charge in [-0.05, 0) is 19.1 Å². The number of rotatable bonds is 3. The molecule has 1 aromatic heterocycles. The van der Waals surface area contributed by atoms with Gasteiger partial charge in [-0.15, -0.1) is 11.3 Å². The molecule has 166 valence electrons. The molecule has 3 heterocycles. The van der Waals surface area contributed by atoms with Gasteiger partial charge in [0.05, 0.1) is 30.0 Å². The van der Waals surface area contributed by atoms with Crippen molar-refractivity contribution in [2.45, 2.75) is 25.6 Å². The summed E-state index contributed by atoms with van der Waals surface area (Å²) in [5, 5.41) is 5.36. The number of nitrogens with zero attached hydrogens (tertiary/aromatic N) is 4. The van der Waals surface area contributed by atoms with Crippen molar-refractivity contribution in [3.8, 4) is 0 Å². The van der Waals surface area contributed by atoms with E-state index in [4.69, 9.17) is 0 Å². The number of thiazole rings is 1. The normalized spacial score (nSPS) is 20.3. The van der Waals surface area contributed by atoms with Gasteiger partial charge in [-0.3, -0.25) is 19.4 Å². The molecule has 1 aromatic carbocycles. The fourth-order valence-electron chi connectivity index (χ4n) is 3.85. The largest absolute Gasteiger partial charge is 0.409 e. The standard InChI is InChI=1S/C20H22F3N5O2S/c1-13-12-31-19(24-13)27-8-6-26(7-9-27)11-18(30)28-15-5-3-2-4-14(15)25-17(29)10-16(28)20(21,22)23/h2-5,12,16H,6-11H2,1H3,(H,25,29)/t16-/m0/s1. The van der Waals surface area contributed by atoms with Gasteiger partial charge in [0, 0.05) is 31.6 Å². The van der Waals surface area contributed by atoms with Crippen LogP contribution in [-0.2, 0) is 9.59 Å². The lowest BCUT2D eigenvalue weighted by atomic mass is 10.1. The second-order valence-corrected chi connectivity index (χ2v) is 8.46. The number of halogens is 3. The molecule has 1 atom stereocenters. The monoisotopic (exact) mass is 453 g/mol. The van der Waals surface area contributed by atoms with Crippen LogP contribution in [0.5, 0.6) is 0 Å². The molecule has 0 saturated carbocycles. The molecule has 0 spiro atoms. The Morgan fingerprint density at radius 3 is 2.58 bits per heavy atom. The third-order valence-electron chi connectivity index (χ3n) is 5.38. The fraction of sp³-hybridized carbons (Fsp3) is 0.450. The number of fused-ring (bicyclic) bond motifs is 1. The number of carbonyl (C=O) groups is 2. The molecule has 7 nitrogen and oxygen atoms in total. The summed E-state index contributed by atoms with van der Waals surface area (Å²) < 4.78 is 41.5.